The maximum Gasteiger partial charge on any atom is 0.342 e. The second kappa shape index (κ2) is 5.65. The molecule has 0 aliphatic carbocycles. The Labute approximate surface area is 107 Å². The van der Waals surface area contributed by atoms with E-state index in [-0.39, 0.29) is 12.2 Å². The van der Waals surface area contributed by atoms with Crippen molar-refractivity contribution in [2.45, 2.75) is 6.42 Å². The number of aliphatic carboxylic acids is 1. The predicted octanol–water partition coefficient (Wildman–Crippen LogP) is -1.95. The van der Waals surface area contributed by atoms with Crippen LogP contribution in [0.25, 0.3) is 0 Å². The molecule has 0 unspecified atom stereocenters. The van der Waals surface area contributed by atoms with E-state index in [1.165, 1.54) is 0 Å². The van der Waals surface area contributed by atoms with Crippen molar-refractivity contribution in [3.8, 4) is 0 Å². The Morgan fingerprint density at radius 1 is 1.26 bits per heavy atom. The molecule has 1 aromatic heterocycles. The van der Waals surface area contributed by atoms with Gasteiger partial charge in [-0.15, -0.1) is 5.10 Å². The lowest BCUT2D eigenvalue weighted by Gasteiger charge is -2.34. The average Bonchev–Trinajstić information content (AvgIpc) is 2.37. The van der Waals surface area contributed by atoms with Crippen LogP contribution in [0.15, 0.2) is 9.59 Å². The molecule has 0 bridgehead atoms. The van der Waals surface area contributed by atoms with Gasteiger partial charge in [-0.2, -0.15) is 0 Å². The van der Waals surface area contributed by atoms with Crippen LogP contribution in [0.4, 0.5) is 5.82 Å². The summed E-state index contributed by atoms with van der Waals surface area (Å²) in [5.41, 5.74) is -1.14. The zero-order valence-electron chi connectivity index (χ0n) is 10.3. The standard InChI is InChI=1S/C10H15N5O4/c16-7(17)1-2-14-3-5-15(6-4-14)8-9(18)11-10(19)13-12-8/h1-6H2,(H,16,17)(H2,11,13,18,19). The molecule has 1 aliphatic rings. The van der Waals surface area contributed by atoms with Crippen LogP contribution in [0.3, 0.4) is 0 Å². The third-order valence-electron chi connectivity index (χ3n) is 3.01. The van der Waals surface area contributed by atoms with E-state index in [1.807, 2.05) is 4.90 Å². The lowest BCUT2D eigenvalue weighted by atomic mass is 10.3. The van der Waals surface area contributed by atoms with Crippen molar-refractivity contribution in [1.82, 2.24) is 20.1 Å². The van der Waals surface area contributed by atoms with Crippen LogP contribution in [-0.4, -0.2) is 63.9 Å². The second-order valence-corrected chi connectivity index (χ2v) is 4.30. The number of hydrogen-bond donors (Lipinski definition) is 3. The zero-order valence-corrected chi connectivity index (χ0v) is 10.3. The van der Waals surface area contributed by atoms with Gasteiger partial charge >= 0.3 is 11.7 Å². The lowest BCUT2D eigenvalue weighted by molar-refractivity contribution is -0.137. The second-order valence-electron chi connectivity index (χ2n) is 4.30. The van der Waals surface area contributed by atoms with Gasteiger partial charge in [0.05, 0.1) is 6.42 Å². The number of carboxylic acids is 1. The van der Waals surface area contributed by atoms with Crippen molar-refractivity contribution < 1.29 is 9.90 Å². The van der Waals surface area contributed by atoms with Crippen LogP contribution >= 0.6 is 0 Å². The van der Waals surface area contributed by atoms with Gasteiger partial charge in [-0.1, -0.05) is 0 Å². The summed E-state index contributed by atoms with van der Waals surface area (Å²) in [6, 6.07) is 0. The SMILES string of the molecule is O=C(O)CCN1CCN(c2n[nH]c(=O)[nH]c2=O)CC1. The van der Waals surface area contributed by atoms with Crippen LogP contribution in [-0.2, 0) is 4.79 Å². The fraction of sp³-hybridized carbons (Fsp3) is 0.600. The van der Waals surface area contributed by atoms with Gasteiger partial charge in [-0.05, 0) is 0 Å². The number of anilines is 1. The number of rotatable bonds is 4. The van der Waals surface area contributed by atoms with Gasteiger partial charge in [-0.25, -0.2) is 9.89 Å². The van der Waals surface area contributed by atoms with Crippen molar-refractivity contribution in [3.05, 3.63) is 20.8 Å². The van der Waals surface area contributed by atoms with Crippen molar-refractivity contribution in [1.29, 1.82) is 0 Å². The normalized spacial score (nSPS) is 16.5. The first-order valence-corrected chi connectivity index (χ1v) is 5.94. The highest BCUT2D eigenvalue weighted by Gasteiger charge is 2.20. The van der Waals surface area contributed by atoms with Gasteiger partial charge in [-0.3, -0.25) is 19.5 Å². The van der Waals surface area contributed by atoms with E-state index >= 15 is 0 Å². The summed E-state index contributed by atoms with van der Waals surface area (Å²) in [6.07, 6.45) is 0.109. The highest BCUT2D eigenvalue weighted by atomic mass is 16.4. The predicted molar refractivity (Wildman–Crippen MR) is 66.4 cm³/mol. The maximum atomic E-state index is 11.6. The first-order valence-electron chi connectivity index (χ1n) is 5.94. The summed E-state index contributed by atoms with van der Waals surface area (Å²) < 4.78 is 0. The summed E-state index contributed by atoms with van der Waals surface area (Å²) in [7, 11) is 0. The molecule has 0 aromatic carbocycles. The minimum absolute atomic E-state index is 0.109. The van der Waals surface area contributed by atoms with Crippen LogP contribution < -0.4 is 16.1 Å². The van der Waals surface area contributed by atoms with Gasteiger partial charge in [0, 0.05) is 32.7 Å². The number of H-pyrrole nitrogens is 2. The monoisotopic (exact) mass is 269 g/mol. The molecular formula is C10H15N5O4. The largest absolute Gasteiger partial charge is 0.481 e. The molecule has 1 fully saturated rings. The Hall–Kier alpha value is -2.16. The van der Waals surface area contributed by atoms with Crippen LogP contribution in [0.2, 0.25) is 0 Å². The summed E-state index contributed by atoms with van der Waals surface area (Å²) in [5.74, 6) is -0.626. The molecule has 19 heavy (non-hydrogen) atoms. The molecule has 0 atom stereocenters. The molecule has 104 valence electrons. The number of nitrogens with zero attached hydrogens (tertiary/aromatic N) is 3. The van der Waals surface area contributed by atoms with Gasteiger partial charge in [0.25, 0.3) is 5.56 Å². The molecule has 9 nitrogen and oxygen atoms in total. The van der Waals surface area contributed by atoms with E-state index < -0.39 is 17.2 Å². The molecule has 0 saturated carbocycles. The van der Waals surface area contributed by atoms with Crippen molar-refractivity contribution in [2.75, 3.05) is 37.6 Å². The number of aromatic amines is 2. The van der Waals surface area contributed by atoms with Gasteiger partial charge in [0.2, 0.25) is 5.82 Å². The Bertz CT molecular complexity index is 558. The van der Waals surface area contributed by atoms with E-state index in [9.17, 15) is 14.4 Å². The number of hydrogen-bond acceptors (Lipinski definition) is 6. The molecule has 0 radical (unpaired) electrons. The Kier molecular flexibility index (Phi) is 3.95. The number of carbonyl (C=O) groups is 1. The zero-order chi connectivity index (χ0) is 13.8. The van der Waals surface area contributed by atoms with E-state index in [0.717, 1.165) is 0 Å². The number of aromatic nitrogens is 3. The molecule has 1 aromatic rings. The average molecular weight is 269 g/mol. The molecule has 2 rings (SSSR count). The van der Waals surface area contributed by atoms with Gasteiger partial charge in [0.1, 0.15) is 0 Å². The van der Waals surface area contributed by atoms with E-state index in [4.69, 9.17) is 5.11 Å². The molecule has 0 amide bonds. The third-order valence-corrected chi connectivity index (χ3v) is 3.01. The van der Waals surface area contributed by atoms with E-state index in [2.05, 4.69) is 15.2 Å². The smallest absolute Gasteiger partial charge is 0.342 e. The van der Waals surface area contributed by atoms with Crippen LogP contribution in [0.5, 0.6) is 0 Å². The summed E-state index contributed by atoms with van der Waals surface area (Å²) in [5, 5.41) is 14.5. The maximum absolute atomic E-state index is 11.6. The van der Waals surface area contributed by atoms with Gasteiger partial charge in [0.15, 0.2) is 0 Å². The van der Waals surface area contributed by atoms with Gasteiger partial charge < -0.3 is 10.0 Å². The fourth-order valence-corrected chi connectivity index (χ4v) is 1.99. The highest BCUT2D eigenvalue weighted by molar-refractivity contribution is 5.66. The molecule has 1 saturated heterocycles. The topological polar surface area (TPSA) is 122 Å². The number of nitrogens with one attached hydrogen (secondary N) is 2. The minimum atomic E-state index is -0.818. The van der Waals surface area contributed by atoms with Crippen molar-refractivity contribution in [2.24, 2.45) is 0 Å². The summed E-state index contributed by atoms with van der Waals surface area (Å²) >= 11 is 0. The summed E-state index contributed by atoms with van der Waals surface area (Å²) in [6.45, 7) is 2.96. The molecule has 1 aliphatic heterocycles. The molecule has 2 heterocycles. The Balaban J connectivity index is 1.94. The van der Waals surface area contributed by atoms with Crippen LogP contribution in [0, 0.1) is 0 Å². The molecular weight excluding hydrogens is 254 g/mol. The van der Waals surface area contributed by atoms with Crippen molar-refractivity contribution >= 4 is 11.8 Å². The third kappa shape index (κ3) is 3.41. The number of carboxylic acid groups (broad SMARTS) is 1. The molecule has 3 N–H and O–H groups in total. The fourth-order valence-electron chi connectivity index (χ4n) is 1.99. The highest BCUT2D eigenvalue weighted by Crippen LogP contribution is 2.07. The number of piperazine rings is 1. The first kappa shape index (κ1) is 13.3. The van der Waals surface area contributed by atoms with Crippen LogP contribution in [0.1, 0.15) is 6.42 Å². The molecule has 0 spiro atoms. The minimum Gasteiger partial charge on any atom is -0.481 e. The quantitative estimate of drug-likeness (QED) is 0.581. The summed E-state index contributed by atoms with van der Waals surface area (Å²) in [4.78, 5) is 38.8. The lowest BCUT2D eigenvalue weighted by Crippen LogP contribution is -2.49. The molecule has 9 heteroatoms. The Morgan fingerprint density at radius 2 is 1.95 bits per heavy atom. The first-order chi connectivity index (χ1) is 9.06. The Morgan fingerprint density at radius 3 is 2.53 bits per heavy atom. The van der Waals surface area contributed by atoms with Crippen molar-refractivity contribution in [3.63, 3.8) is 0 Å². The van der Waals surface area contributed by atoms with E-state index in [1.54, 1.807) is 4.90 Å². The van der Waals surface area contributed by atoms with E-state index in [0.29, 0.717) is 32.7 Å².